The summed E-state index contributed by atoms with van der Waals surface area (Å²) < 4.78 is 5.31. The molecule has 136 valence electrons. The molecule has 2 amide bonds. The van der Waals surface area contributed by atoms with Gasteiger partial charge >= 0.3 is 5.97 Å². The van der Waals surface area contributed by atoms with Crippen molar-refractivity contribution in [3.63, 3.8) is 0 Å². The number of carboxylic acid groups (broad SMARTS) is 1. The number of nitrogens with zero attached hydrogens (tertiary/aromatic N) is 1. The zero-order valence-electron chi connectivity index (χ0n) is 15.0. The molecule has 2 atom stereocenters. The van der Waals surface area contributed by atoms with Crippen LogP contribution in [0.2, 0.25) is 0 Å². The van der Waals surface area contributed by atoms with E-state index in [2.05, 4.69) is 5.32 Å². The minimum atomic E-state index is -1.34. The number of carbonyl (C=O) groups is 3. The van der Waals surface area contributed by atoms with E-state index in [1.807, 2.05) is 19.1 Å². The van der Waals surface area contributed by atoms with Gasteiger partial charge in [0.2, 0.25) is 11.8 Å². The molecule has 0 bridgehead atoms. The molecule has 25 heavy (non-hydrogen) atoms. The maximum atomic E-state index is 12.5. The van der Waals surface area contributed by atoms with E-state index >= 15 is 0 Å². The van der Waals surface area contributed by atoms with E-state index in [0.717, 1.165) is 5.56 Å². The van der Waals surface area contributed by atoms with Crippen LogP contribution in [-0.4, -0.2) is 42.1 Å². The normalized spacial score (nSPS) is 19.4. The van der Waals surface area contributed by atoms with E-state index in [1.54, 1.807) is 13.0 Å². The number of aliphatic carboxylic acids is 1. The molecular formula is C18H24N2O5. The number of rotatable bonds is 6. The first-order valence-electron chi connectivity index (χ1n) is 8.22. The number of nitrogens with one attached hydrogen (secondary N) is 1. The molecule has 1 aromatic rings. The molecular weight excluding hydrogens is 324 g/mol. The fraction of sp³-hybridized carbons (Fsp3) is 0.500. The predicted molar refractivity (Wildman–Crippen MR) is 92.7 cm³/mol. The van der Waals surface area contributed by atoms with Gasteiger partial charge in [-0.3, -0.25) is 9.59 Å². The van der Waals surface area contributed by atoms with Gasteiger partial charge in [0.25, 0.3) is 0 Å². The second-order valence-electron chi connectivity index (χ2n) is 6.56. The van der Waals surface area contributed by atoms with E-state index in [0.29, 0.717) is 11.4 Å². The topological polar surface area (TPSA) is 95.9 Å². The molecule has 0 saturated carbocycles. The average molecular weight is 348 g/mol. The van der Waals surface area contributed by atoms with Crippen molar-refractivity contribution in [1.82, 2.24) is 5.32 Å². The Balaban J connectivity index is 2.19. The smallest absolute Gasteiger partial charge is 0.329 e. The summed E-state index contributed by atoms with van der Waals surface area (Å²) in [6, 6.07) is 5.50. The minimum absolute atomic E-state index is 0.0440. The Morgan fingerprint density at radius 2 is 2.12 bits per heavy atom. The highest BCUT2D eigenvalue weighted by Gasteiger charge is 2.40. The van der Waals surface area contributed by atoms with Gasteiger partial charge < -0.3 is 20.1 Å². The third-order valence-electron chi connectivity index (χ3n) is 4.70. The third-order valence-corrected chi connectivity index (χ3v) is 4.70. The fourth-order valence-electron chi connectivity index (χ4n) is 2.79. The molecule has 1 heterocycles. The molecule has 2 unspecified atom stereocenters. The van der Waals surface area contributed by atoms with Crippen LogP contribution in [-0.2, 0) is 14.4 Å². The van der Waals surface area contributed by atoms with Gasteiger partial charge in [-0.1, -0.05) is 13.0 Å². The van der Waals surface area contributed by atoms with E-state index in [4.69, 9.17) is 4.74 Å². The number of hydrogen-bond donors (Lipinski definition) is 2. The Morgan fingerprint density at radius 1 is 1.44 bits per heavy atom. The SMILES string of the molecule is CCC(C)(NC(=O)C1CC(=O)N(c2cc(C)ccc2OC)C1)C(=O)O. The number of carbonyl (C=O) groups excluding carboxylic acids is 2. The van der Waals surface area contributed by atoms with E-state index in [-0.39, 0.29) is 25.3 Å². The molecule has 1 saturated heterocycles. The minimum Gasteiger partial charge on any atom is -0.495 e. The number of anilines is 1. The lowest BCUT2D eigenvalue weighted by atomic mass is 9.97. The Bertz CT molecular complexity index is 703. The van der Waals surface area contributed by atoms with Gasteiger partial charge in [-0.25, -0.2) is 4.79 Å². The molecule has 7 heteroatoms. The lowest BCUT2D eigenvalue weighted by Crippen LogP contribution is -2.53. The number of methoxy groups -OCH3 is 1. The molecule has 0 aromatic heterocycles. The molecule has 1 aromatic carbocycles. The van der Waals surface area contributed by atoms with Crippen molar-refractivity contribution in [1.29, 1.82) is 0 Å². The second-order valence-corrected chi connectivity index (χ2v) is 6.56. The van der Waals surface area contributed by atoms with Crippen LogP contribution in [0.4, 0.5) is 5.69 Å². The Hall–Kier alpha value is -2.57. The maximum Gasteiger partial charge on any atom is 0.329 e. The van der Waals surface area contributed by atoms with Crippen molar-refractivity contribution < 1.29 is 24.2 Å². The van der Waals surface area contributed by atoms with Crippen LogP contribution in [0.25, 0.3) is 0 Å². The monoisotopic (exact) mass is 348 g/mol. The third kappa shape index (κ3) is 3.75. The average Bonchev–Trinajstić information content (AvgIpc) is 2.96. The van der Waals surface area contributed by atoms with Crippen LogP contribution < -0.4 is 15.0 Å². The van der Waals surface area contributed by atoms with Crippen LogP contribution in [0.15, 0.2) is 18.2 Å². The maximum absolute atomic E-state index is 12.5. The van der Waals surface area contributed by atoms with Crippen LogP contribution in [0.3, 0.4) is 0 Å². The predicted octanol–water partition coefficient (Wildman–Crippen LogP) is 1.73. The summed E-state index contributed by atoms with van der Waals surface area (Å²) in [6.07, 6.45) is 0.298. The summed E-state index contributed by atoms with van der Waals surface area (Å²) in [5.41, 5.74) is 0.259. The van der Waals surface area contributed by atoms with Gasteiger partial charge in [0.05, 0.1) is 18.7 Å². The zero-order valence-corrected chi connectivity index (χ0v) is 15.0. The molecule has 2 N–H and O–H groups in total. The van der Waals surface area contributed by atoms with Gasteiger partial charge in [0.15, 0.2) is 0 Å². The highest BCUT2D eigenvalue weighted by atomic mass is 16.5. The molecule has 0 aliphatic carbocycles. The summed E-state index contributed by atoms with van der Waals surface area (Å²) in [4.78, 5) is 37.8. The Morgan fingerprint density at radius 3 is 2.68 bits per heavy atom. The highest BCUT2D eigenvalue weighted by molar-refractivity contribution is 6.02. The quantitative estimate of drug-likeness (QED) is 0.816. The number of ether oxygens (including phenoxy) is 1. The van der Waals surface area contributed by atoms with Crippen LogP contribution in [0.5, 0.6) is 5.75 Å². The highest BCUT2D eigenvalue weighted by Crippen LogP contribution is 2.34. The van der Waals surface area contributed by atoms with Crippen molar-refractivity contribution in [2.24, 2.45) is 5.92 Å². The van der Waals surface area contributed by atoms with Gasteiger partial charge in [-0.05, 0) is 38.0 Å². The van der Waals surface area contributed by atoms with Crippen LogP contribution >= 0.6 is 0 Å². The van der Waals surface area contributed by atoms with Gasteiger partial charge in [-0.15, -0.1) is 0 Å². The van der Waals surface area contributed by atoms with E-state index < -0.39 is 23.3 Å². The fourth-order valence-corrected chi connectivity index (χ4v) is 2.79. The van der Waals surface area contributed by atoms with Crippen molar-refractivity contribution in [2.45, 2.75) is 39.2 Å². The number of amides is 2. The first-order valence-corrected chi connectivity index (χ1v) is 8.22. The molecule has 0 spiro atoms. The molecule has 1 aliphatic heterocycles. The number of hydrogen-bond acceptors (Lipinski definition) is 4. The number of benzene rings is 1. The second kappa shape index (κ2) is 7.13. The van der Waals surface area contributed by atoms with Gasteiger partial charge in [0.1, 0.15) is 11.3 Å². The molecule has 1 fully saturated rings. The lowest BCUT2D eigenvalue weighted by molar-refractivity contribution is -0.147. The summed E-state index contributed by atoms with van der Waals surface area (Å²) in [7, 11) is 1.53. The first kappa shape index (κ1) is 18.8. The Labute approximate surface area is 147 Å². The van der Waals surface area contributed by atoms with Crippen molar-refractivity contribution in [3.8, 4) is 5.75 Å². The molecule has 1 aliphatic rings. The van der Waals surface area contributed by atoms with E-state index in [1.165, 1.54) is 18.9 Å². The van der Waals surface area contributed by atoms with Crippen LogP contribution in [0.1, 0.15) is 32.3 Å². The van der Waals surface area contributed by atoms with Gasteiger partial charge in [-0.2, -0.15) is 0 Å². The summed E-state index contributed by atoms with van der Waals surface area (Å²) in [5.74, 6) is -1.73. The molecule has 2 rings (SSSR count). The molecule has 7 nitrogen and oxygen atoms in total. The summed E-state index contributed by atoms with van der Waals surface area (Å²) in [6.45, 7) is 5.26. The van der Waals surface area contributed by atoms with Crippen molar-refractivity contribution in [3.05, 3.63) is 23.8 Å². The van der Waals surface area contributed by atoms with Gasteiger partial charge in [0, 0.05) is 13.0 Å². The molecule has 0 radical (unpaired) electrons. The standard InChI is InChI=1S/C18H24N2O5/c1-5-18(3,17(23)24)19-16(22)12-9-15(21)20(10-12)13-8-11(2)6-7-14(13)25-4/h6-8,12H,5,9-10H2,1-4H3,(H,19,22)(H,23,24). The number of carboxylic acids is 1. The Kier molecular flexibility index (Phi) is 5.35. The summed E-state index contributed by atoms with van der Waals surface area (Å²) >= 11 is 0. The lowest BCUT2D eigenvalue weighted by Gasteiger charge is -2.26. The van der Waals surface area contributed by atoms with E-state index in [9.17, 15) is 19.5 Å². The largest absolute Gasteiger partial charge is 0.495 e. The first-order chi connectivity index (χ1) is 11.7. The van der Waals surface area contributed by atoms with Crippen molar-refractivity contribution >= 4 is 23.5 Å². The zero-order chi connectivity index (χ0) is 18.8. The van der Waals surface area contributed by atoms with Crippen LogP contribution in [0, 0.1) is 12.8 Å². The summed E-state index contributed by atoms with van der Waals surface area (Å²) in [5, 5.41) is 11.9. The van der Waals surface area contributed by atoms with Crippen molar-refractivity contribution in [2.75, 3.05) is 18.6 Å². The number of aryl methyl sites for hydroxylation is 1.